The lowest BCUT2D eigenvalue weighted by Crippen LogP contribution is -2.56. The summed E-state index contributed by atoms with van der Waals surface area (Å²) in [7, 11) is -3.94. The number of fused-ring (bicyclic) bond motifs is 1. The summed E-state index contributed by atoms with van der Waals surface area (Å²) in [6.45, 7) is 3.10. The highest BCUT2D eigenvalue weighted by Gasteiger charge is 2.63. The summed E-state index contributed by atoms with van der Waals surface area (Å²) in [5.74, 6) is 1.23. The van der Waals surface area contributed by atoms with Gasteiger partial charge in [-0.3, -0.25) is 28.1 Å². The minimum atomic E-state index is -3.94. The smallest absolute Gasteiger partial charge is 0.371 e. The summed E-state index contributed by atoms with van der Waals surface area (Å²) in [5.41, 5.74) is -2.09. The summed E-state index contributed by atoms with van der Waals surface area (Å²) in [6, 6.07) is 0. The van der Waals surface area contributed by atoms with Crippen LogP contribution < -0.4 is 0 Å². The number of carbonyl (C=O) groups is 2. The zero-order chi connectivity index (χ0) is 18.4. The number of aliphatic hydroxyl groups is 1. The molecular formula is C15H18NO8P. The van der Waals surface area contributed by atoms with E-state index in [1.165, 1.54) is 12.3 Å². The first-order chi connectivity index (χ1) is 11.7. The van der Waals surface area contributed by atoms with Crippen LogP contribution in [0.15, 0.2) is 12.3 Å². The van der Waals surface area contributed by atoms with Crippen LogP contribution in [0.2, 0.25) is 0 Å². The van der Waals surface area contributed by atoms with Crippen molar-refractivity contribution in [2.45, 2.75) is 50.4 Å². The predicted molar refractivity (Wildman–Crippen MR) is 82.7 cm³/mol. The van der Waals surface area contributed by atoms with E-state index in [-0.39, 0.29) is 18.8 Å². The molecule has 10 heteroatoms. The van der Waals surface area contributed by atoms with Crippen LogP contribution in [0.3, 0.4) is 0 Å². The van der Waals surface area contributed by atoms with E-state index < -0.39 is 43.9 Å². The van der Waals surface area contributed by atoms with Crippen LogP contribution in [0.4, 0.5) is 0 Å². The largest absolute Gasteiger partial charge is 0.475 e. The van der Waals surface area contributed by atoms with Crippen molar-refractivity contribution >= 4 is 19.5 Å². The van der Waals surface area contributed by atoms with Crippen molar-refractivity contribution in [1.82, 2.24) is 4.90 Å². The van der Waals surface area contributed by atoms with E-state index in [4.69, 9.17) is 24.7 Å². The van der Waals surface area contributed by atoms with Crippen molar-refractivity contribution in [3.8, 4) is 12.3 Å². The first-order valence-electron chi connectivity index (χ1n) is 7.68. The molecule has 1 unspecified atom stereocenters. The van der Waals surface area contributed by atoms with Crippen molar-refractivity contribution < 1.29 is 37.6 Å². The van der Waals surface area contributed by atoms with E-state index in [2.05, 4.69) is 5.92 Å². The monoisotopic (exact) mass is 371 g/mol. The Morgan fingerprint density at radius 3 is 2.84 bits per heavy atom. The summed E-state index contributed by atoms with van der Waals surface area (Å²) in [6.07, 6.45) is 3.66. The summed E-state index contributed by atoms with van der Waals surface area (Å²) in [5, 5.41) is 10.9. The molecule has 25 heavy (non-hydrogen) atoms. The highest BCUT2D eigenvalue weighted by atomic mass is 31.2. The summed E-state index contributed by atoms with van der Waals surface area (Å²) >= 11 is 0. The Labute approximate surface area is 144 Å². The maximum Gasteiger partial charge on any atom is 0.475 e. The van der Waals surface area contributed by atoms with Gasteiger partial charge in [0.2, 0.25) is 5.91 Å². The molecule has 9 nitrogen and oxygen atoms in total. The fraction of sp³-hybridized carbons (Fsp3) is 0.600. The molecule has 0 aromatic carbocycles. The lowest BCUT2D eigenvalue weighted by molar-refractivity contribution is -0.152. The molecule has 3 aliphatic heterocycles. The molecule has 0 aromatic rings. The van der Waals surface area contributed by atoms with Gasteiger partial charge in [-0.25, -0.2) is 4.57 Å². The van der Waals surface area contributed by atoms with Crippen molar-refractivity contribution in [3.05, 3.63) is 12.3 Å². The molecule has 0 bridgehead atoms. The Kier molecular flexibility index (Phi) is 4.62. The number of carbonyl (C=O) groups excluding carboxylic acids is 2. The van der Waals surface area contributed by atoms with Crippen LogP contribution in [0.1, 0.15) is 20.3 Å². The predicted octanol–water partition coefficient (Wildman–Crippen LogP) is 0.339. The average molecular weight is 371 g/mol. The van der Waals surface area contributed by atoms with Crippen LogP contribution in [-0.4, -0.2) is 58.4 Å². The van der Waals surface area contributed by atoms with Crippen LogP contribution in [0.5, 0.6) is 0 Å². The number of terminal acetylenes is 1. The molecule has 0 aromatic heterocycles. The SMILES string of the molecule is C#C[C@@]1(O)[C@@H]2OP(=O)(OC(C)C)OC[C@H]2O[C@H]1N1C=CC(=O)CC1=O. The normalized spacial score (nSPS) is 41.1. The number of hydrogen-bond donors (Lipinski definition) is 1. The second-order valence-electron chi connectivity index (χ2n) is 6.18. The Morgan fingerprint density at radius 1 is 1.52 bits per heavy atom. The van der Waals surface area contributed by atoms with Gasteiger partial charge < -0.3 is 9.84 Å². The van der Waals surface area contributed by atoms with Crippen molar-refractivity contribution in [2.75, 3.05) is 6.61 Å². The van der Waals surface area contributed by atoms with Crippen molar-refractivity contribution in [3.63, 3.8) is 0 Å². The van der Waals surface area contributed by atoms with Crippen LogP contribution >= 0.6 is 7.82 Å². The highest BCUT2D eigenvalue weighted by molar-refractivity contribution is 7.48. The standard InChI is InChI=1S/C15H18NO8P/c1-4-15(19)13-11(8-21-25(20,24-13)23-9(2)3)22-14(15)16-6-5-10(17)7-12(16)18/h1,5-6,9,11,13-14,19H,7-8H2,2-3H3/t11-,13-,14-,15-,25?/m1/s1. The highest BCUT2D eigenvalue weighted by Crippen LogP contribution is 2.58. The number of allylic oxidation sites excluding steroid dienone is 1. The topological polar surface area (TPSA) is 112 Å². The zero-order valence-electron chi connectivity index (χ0n) is 13.7. The minimum Gasteiger partial charge on any atom is -0.371 e. The summed E-state index contributed by atoms with van der Waals surface area (Å²) in [4.78, 5) is 24.5. The Hall–Kier alpha value is -1.53. The van der Waals surface area contributed by atoms with Gasteiger partial charge in [0.05, 0.1) is 19.1 Å². The fourth-order valence-electron chi connectivity index (χ4n) is 2.87. The molecule has 2 fully saturated rings. The molecule has 3 heterocycles. The third-order valence-corrected chi connectivity index (χ3v) is 5.58. The van der Waals surface area contributed by atoms with E-state index in [0.29, 0.717) is 0 Å². The number of amides is 1. The first kappa shape index (κ1) is 18.3. The number of hydrogen-bond acceptors (Lipinski definition) is 8. The lowest BCUT2D eigenvalue weighted by Gasteiger charge is -2.36. The molecular weight excluding hydrogens is 353 g/mol. The van der Waals surface area contributed by atoms with Crippen LogP contribution in [0, 0.1) is 12.3 Å². The number of ketones is 1. The average Bonchev–Trinajstić information content (AvgIpc) is 2.79. The number of rotatable bonds is 3. The molecule has 0 radical (unpaired) electrons. The Bertz CT molecular complexity index is 713. The van der Waals surface area contributed by atoms with Gasteiger partial charge in [-0.15, -0.1) is 6.42 Å². The Morgan fingerprint density at radius 2 is 2.24 bits per heavy atom. The molecule has 3 aliphatic rings. The number of ether oxygens (including phenoxy) is 1. The number of nitrogens with zero attached hydrogens (tertiary/aromatic N) is 1. The quantitative estimate of drug-likeness (QED) is 0.429. The minimum absolute atomic E-state index is 0.195. The van der Waals surface area contributed by atoms with Gasteiger partial charge in [0.1, 0.15) is 12.2 Å². The number of phosphoric ester groups is 1. The molecule has 0 saturated carbocycles. The summed E-state index contributed by atoms with van der Waals surface area (Å²) < 4.78 is 33.9. The van der Waals surface area contributed by atoms with Crippen LogP contribution in [0.25, 0.3) is 0 Å². The van der Waals surface area contributed by atoms with Gasteiger partial charge in [-0.1, -0.05) is 5.92 Å². The molecule has 3 rings (SSSR count). The van der Waals surface area contributed by atoms with E-state index in [1.54, 1.807) is 13.8 Å². The molecule has 0 spiro atoms. The van der Waals surface area contributed by atoms with Gasteiger partial charge in [-0.2, -0.15) is 0 Å². The van der Waals surface area contributed by atoms with E-state index in [1.807, 2.05) is 0 Å². The molecule has 1 amide bonds. The van der Waals surface area contributed by atoms with E-state index in [0.717, 1.165) is 4.90 Å². The molecule has 5 atom stereocenters. The van der Waals surface area contributed by atoms with E-state index in [9.17, 15) is 19.3 Å². The first-order valence-corrected chi connectivity index (χ1v) is 9.14. The third kappa shape index (κ3) is 3.17. The molecule has 1 N–H and O–H groups in total. The maximum absolute atomic E-state index is 12.5. The number of phosphoric acid groups is 1. The molecule has 136 valence electrons. The molecule has 0 aliphatic carbocycles. The van der Waals surface area contributed by atoms with Gasteiger partial charge in [0, 0.05) is 6.20 Å². The van der Waals surface area contributed by atoms with Gasteiger partial charge in [0.15, 0.2) is 17.6 Å². The van der Waals surface area contributed by atoms with Gasteiger partial charge in [0.25, 0.3) is 0 Å². The second kappa shape index (κ2) is 6.32. The Balaban J connectivity index is 1.89. The lowest BCUT2D eigenvalue weighted by atomic mass is 9.94. The molecule has 2 saturated heterocycles. The van der Waals surface area contributed by atoms with E-state index >= 15 is 0 Å². The van der Waals surface area contributed by atoms with Crippen molar-refractivity contribution in [1.29, 1.82) is 0 Å². The van der Waals surface area contributed by atoms with Gasteiger partial charge in [-0.05, 0) is 19.9 Å². The maximum atomic E-state index is 12.5. The third-order valence-electron chi connectivity index (χ3n) is 3.95. The fourth-order valence-corrected chi connectivity index (χ4v) is 4.46. The second-order valence-corrected chi connectivity index (χ2v) is 7.75. The van der Waals surface area contributed by atoms with Crippen LogP contribution in [-0.2, 0) is 32.5 Å². The van der Waals surface area contributed by atoms with Crippen molar-refractivity contribution in [2.24, 2.45) is 0 Å². The van der Waals surface area contributed by atoms with Gasteiger partial charge >= 0.3 is 7.82 Å². The zero-order valence-corrected chi connectivity index (χ0v) is 14.5.